The van der Waals surface area contributed by atoms with Crippen molar-refractivity contribution in [2.24, 2.45) is 5.92 Å². The quantitative estimate of drug-likeness (QED) is 0.846. The molecule has 102 valence electrons. The molecule has 1 aliphatic rings. The third-order valence-electron chi connectivity index (χ3n) is 3.73. The van der Waals surface area contributed by atoms with Gasteiger partial charge >= 0.3 is 0 Å². The van der Waals surface area contributed by atoms with Gasteiger partial charge in [-0.1, -0.05) is 11.3 Å². The number of aromatic nitrogens is 1. The summed E-state index contributed by atoms with van der Waals surface area (Å²) in [6.07, 6.45) is 3.30. The van der Waals surface area contributed by atoms with Crippen molar-refractivity contribution in [1.29, 1.82) is 0 Å². The molecule has 19 heavy (non-hydrogen) atoms. The molecule has 0 spiro atoms. The van der Waals surface area contributed by atoms with E-state index in [9.17, 15) is 0 Å². The van der Waals surface area contributed by atoms with Crippen LogP contribution in [-0.4, -0.2) is 29.8 Å². The van der Waals surface area contributed by atoms with Gasteiger partial charge in [0, 0.05) is 25.4 Å². The van der Waals surface area contributed by atoms with Crippen molar-refractivity contribution < 1.29 is 5.11 Å². The molecule has 0 aliphatic carbocycles. The van der Waals surface area contributed by atoms with Crippen LogP contribution >= 0.6 is 11.3 Å². The topological polar surface area (TPSA) is 62.4 Å². The summed E-state index contributed by atoms with van der Waals surface area (Å²) in [5.74, 6) is 0.593. The molecule has 5 heteroatoms. The van der Waals surface area contributed by atoms with Crippen LogP contribution < -0.4 is 10.6 Å². The standard InChI is InChI=1S/C14H19N3OS/c15-11-3-4-12-13(8-11)19-14(16-12)17-6-1-2-10(9-17)5-7-18/h3-4,8,10,18H,1-2,5-7,9,15H2. The minimum absolute atomic E-state index is 0.287. The van der Waals surface area contributed by atoms with E-state index < -0.39 is 0 Å². The molecule has 0 bridgehead atoms. The summed E-state index contributed by atoms with van der Waals surface area (Å²) in [6, 6.07) is 5.88. The lowest BCUT2D eigenvalue weighted by Gasteiger charge is -2.32. The maximum atomic E-state index is 9.07. The summed E-state index contributed by atoms with van der Waals surface area (Å²) in [7, 11) is 0. The molecule has 1 aliphatic heterocycles. The fraction of sp³-hybridized carbons (Fsp3) is 0.500. The number of anilines is 2. The molecule has 1 aromatic heterocycles. The van der Waals surface area contributed by atoms with E-state index in [0.717, 1.165) is 40.5 Å². The first-order chi connectivity index (χ1) is 9.26. The number of hydrogen-bond acceptors (Lipinski definition) is 5. The Morgan fingerprint density at radius 1 is 1.47 bits per heavy atom. The maximum absolute atomic E-state index is 9.07. The van der Waals surface area contributed by atoms with E-state index in [4.69, 9.17) is 15.8 Å². The Morgan fingerprint density at radius 3 is 3.21 bits per heavy atom. The number of nitrogens with two attached hydrogens (primary N) is 1. The number of rotatable bonds is 3. The maximum Gasteiger partial charge on any atom is 0.186 e. The molecular weight excluding hydrogens is 258 g/mol. The summed E-state index contributed by atoms with van der Waals surface area (Å²) in [5.41, 5.74) is 7.63. The van der Waals surface area contributed by atoms with Crippen molar-refractivity contribution in [1.82, 2.24) is 4.98 Å². The lowest BCUT2D eigenvalue weighted by Crippen LogP contribution is -2.35. The fourth-order valence-electron chi connectivity index (χ4n) is 2.72. The van der Waals surface area contributed by atoms with E-state index >= 15 is 0 Å². The van der Waals surface area contributed by atoms with Gasteiger partial charge in [0.1, 0.15) is 0 Å². The van der Waals surface area contributed by atoms with Crippen molar-refractivity contribution in [3.63, 3.8) is 0 Å². The van der Waals surface area contributed by atoms with E-state index in [1.165, 1.54) is 12.8 Å². The zero-order valence-corrected chi connectivity index (χ0v) is 11.7. The van der Waals surface area contributed by atoms with Crippen molar-refractivity contribution in [3.05, 3.63) is 18.2 Å². The van der Waals surface area contributed by atoms with Crippen LogP contribution in [-0.2, 0) is 0 Å². The van der Waals surface area contributed by atoms with Crippen LogP contribution in [0.5, 0.6) is 0 Å². The van der Waals surface area contributed by atoms with Gasteiger partial charge in [0.2, 0.25) is 0 Å². The summed E-state index contributed by atoms with van der Waals surface area (Å²) < 4.78 is 1.15. The molecular formula is C14H19N3OS. The minimum atomic E-state index is 0.287. The average molecular weight is 277 g/mol. The highest BCUT2D eigenvalue weighted by atomic mass is 32.1. The van der Waals surface area contributed by atoms with Gasteiger partial charge in [-0.05, 0) is 43.4 Å². The van der Waals surface area contributed by atoms with Crippen molar-refractivity contribution >= 4 is 32.4 Å². The van der Waals surface area contributed by atoms with E-state index in [0.29, 0.717) is 5.92 Å². The Bertz CT molecular complexity index is 567. The lowest BCUT2D eigenvalue weighted by atomic mass is 9.95. The smallest absolute Gasteiger partial charge is 0.186 e. The highest BCUT2D eigenvalue weighted by Crippen LogP contribution is 2.32. The number of nitrogen functional groups attached to an aromatic ring is 1. The van der Waals surface area contributed by atoms with Gasteiger partial charge < -0.3 is 15.7 Å². The average Bonchev–Trinajstić information content (AvgIpc) is 2.82. The molecule has 2 heterocycles. The van der Waals surface area contributed by atoms with Crippen molar-refractivity contribution in [2.75, 3.05) is 30.3 Å². The van der Waals surface area contributed by atoms with Crippen LogP contribution in [0.3, 0.4) is 0 Å². The Kier molecular flexibility index (Phi) is 3.57. The van der Waals surface area contributed by atoms with Crippen LogP contribution in [0.2, 0.25) is 0 Å². The van der Waals surface area contributed by atoms with Gasteiger partial charge in [0.25, 0.3) is 0 Å². The van der Waals surface area contributed by atoms with Crippen LogP contribution in [0.4, 0.5) is 10.8 Å². The normalized spacial score (nSPS) is 20.1. The Morgan fingerprint density at radius 2 is 2.37 bits per heavy atom. The van der Waals surface area contributed by atoms with Crippen molar-refractivity contribution in [3.8, 4) is 0 Å². The van der Waals surface area contributed by atoms with Crippen LogP contribution in [0.25, 0.3) is 10.2 Å². The number of nitrogens with zero attached hydrogens (tertiary/aromatic N) is 2. The summed E-state index contributed by atoms with van der Waals surface area (Å²) >= 11 is 1.71. The lowest BCUT2D eigenvalue weighted by molar-refractivity contribution is 0.244. The molecule has 1 unspecified atom stereocenters. The molecule has 1 atom stereocenters. The van der Waals surface area contributed by atoms with E-state index in [1.54, 1.807) is 11.3 Å². The number of aliphatic hydroxyl groups is 1. The number of thiazole rings is 1. The zero-order chi connectivity index (χ0) is 13.2. The molecule has 4 nitrogen and oxygen atoms in total. The second kappa shape index (κ2) is 5.35. The number of piperidine rings is 1. The fourth-order valence-corrected chi connectivity index (χ4v) is 3.77. The Hall–Kier alpha value is -1.33. The number of hydrogen-bond donors (Lipinski definition) is 2. The molecule has 3 rings (SSSR count). The third kappa shape index (κ3) is 2.67. The third-order valence-corrected chi connectivity index (χ3v) is 4.81. The number of benzene rings is 1. The highest BCUT2D eigenvalue weighted by molar-refractivity contribution is 7.22. The van der Waals surface area contributed by atoms with Crippen molar-refractivity contribution in [2.45, 2.75) is 19.3 Å². The van der Waals surface area contributed by atoms with Crippen LogP contribution in [0.15, 0.2) is 18.2 Å². The van der Waals surface area contributed by atoms with Gasteiger partial charge in [-0.3, -0.25) is 0 Å². The van der Waals surface area contributed by atoms with Crippen LogP contribution in [0, 0.1) is 5.92 Å². The predicted molar refractivity (Wildman–Crippen MR) is 80.7 cm³/mol. The Balaban J connectivity index is 1.83. The minimum Gasteiger partial charge on any atom is -0.399 e. The Labute approximate surface area is 116 Å². The van der Waals surface area contributed by atoms with Gasteiger partial charge in [0.05, 0.1) is 10.2 Å². The first-order valence-corrected chi connectivity index (χ1v) is 7.60. The summed E-state index contributed by atoms with van der Waals surface area (Å²) in [6.45, 7) is 2.36. The van der Waals surface area contributed by atoms with Gasteiger partial charge in [-0.25, -0.2) is 4.98 Å². The number of fused-ring (bicyclic) bond motifs is 1. The zero-order valence-electron chi connectivity index (χ0n) is 10.9. The molecule has 0 radical (unpaired) electrons. The predicted octanol–water partition coefficient (Wildman–Crippen LogP) is 2.48. The van der Waals surface area contributed by atoms with E-state index in [1.807, 2.05) is 18.2 Å². The van der Waals surface area contributed by atoms with E-state index in [-0.39, 0.29) is 6.61 Å². The first-order valence-electron chi connectivity index (χ1n) is 6.78. The van der Waals surface area contributed by atoms with Crippen LogP contribution in [0.1, 0.15) is 19.3 Å². The second-order valence-corrected chi connectivity index (χ2v) is 6.20. The first kappa shape index (κ1) is 12.7. The SMILES string of the molecule is Nc1ccc2nc(N3CCCC(CCO)C3)sc2c1. The molecule has 0 saturated carbocycles. The molecule has 1 saturated heterocycles. The van der Waals surface area contributed by atoms with Gasteiger partial charge in [-0.15, -0.1) is 0 Å². The van der Waals surface area contributed by atoms with Gasteiger partial charge in [-0.2, -0.15) is 0 Å². The molecule has 0 amide bonds. The van der Waals surface area contributed by atoms with E-state index in [2.05, 4.69) is 4.90 Å². The number of aliphatic hydroxyl groups excluding tert-OH is 1. The summed E-state index contributed by atoms with van der Waals surface area (Å²) in [4.78, 5) is 7.05. The summed E-state index contributed by atoms with van der Waals surface area (Å²) in [5, 5.41) is 10.2. The molecule has 1 aromatic carbocycles. The monoisotopic (exact) mass is 277 g/mol. The molecule has 2 aromatic rings. The molecule has 1 fully saturated rings. The largest absolute Gasteiger partial charge is 0.399 e. The highest BCUT2D eigenvalue weighted by Gasteiger charge is 2.21. The van der Waals surface area contributed by atoms with Gasteiger partial charge in [0.15, 0.2) is 5.13 Å². The second-order valence-electron chi connectivity index (χ2n) is 5.19. The molecule has 3 N–H and O–H groups in total.